The molecule has 0 radical (unpaired) electrons. The van der Waals surface area contributed by atoms with Crippen LogP contribution in [0.3, 0.4) is 0 Å². The topological polar surface area (TPSA) is 49.3 Å². The minimum Gasteiger partial charge on any atom is -0.478 e. The van der Waals surface area contributed by atoms with Crippen molar-refractivity contribution in [1.29, 1.82) is 0 Å². The van der Waals surface area contributed by atoms with E-state index in [1.54, 1.807) is 18.2 Å². The van der Waals surface area contributed by atoms with Crippen molar-refractivity contribution in [2.75, 3.05) is 11.6 Å². The van der Waals surface area contributed by atoms with Crippen LogP contribution in [0.1, 0.15) is 29.6 Å². The molecule has 1 aromatic carbocycles. The summed E-state index contributed by atoms with van der Waals surface area (Å²) < 4.78 is 0. The number of aromatic carboxylic acids is 1. The molecule has 4 heteroatoms. The maximum atomic E-state index is 10.9. The average molecular weight is 251 g/mol. The zero-order chi connectivity index (χ0) is 12.3. The molecule has 1 saturated carbocycles. The van der Waals surface area contributed by atoms with Crippen LogP contribution in [0.15, 0.2) is 24.3 Å². The van der Waals surface area contributed by atoms with Crippen LogP contribution in [0, 0.1) is 0 Å². The van der Waals surface area contributed by atoms with Crippen molar-refractivity contribution in [2.24, 2.45) is 0 Å². The zero-order valence-electron chi connectivity index (χ0n) is 9.85. The Balaban J connectivity index is 1.99. The Hall–Kier alpha value is -1.16. The third kappa shape index (κ3) is 3.16. The number of nitrogens with one attached hydrogen (secondary N) is 1. The number of hydrogen-bond acceptors (Lipinski definition) is 3. The maximum Gasteiger partial charge on any atom is 0.335 e. The van der Waals surface area contributed by atoms with Crippen LogP contribution >= 0.6 is 11.8 Å². The van der Waals surface area contributed by atoms with Crippen molar-refractivity contribution in [3.63, 3.8) is 0 Å². The first kappa shape index (κ1) is 12.3. The molecule has 2 rings (SSSR count). The molecule has 17 heavy (non-hydrogen) atoms. The highest BCUT2D eigenvalue weighted by Gasteiger charge is 2.23. The summed E-state index contributed by atoms with van der Waals surface area (Å²) in [5.74, 6) is -0.873. The van der Waals surface area contributed by atoms with Crippen LogP contribution in [-0.4, -0.2) is 28.6 Å². The Morgan fingerprint density at radius 2 is 2.29 bits per heavy atom. The SMILES string of the molecule is CSC1CCC(Nc2cccc(C(=O)O)c2)C1. The fourth-order valence-electron chi connectivity index (χ4n) is 2.26. The van der Waals surface area contributed by atoms with Gasteiger partial charge in [-0.05, 0) is 43.7 Å². The number of anilines is 1. The van der Waals surface area contributed by atoms with Gasteiger partial charge in [0.1, 0.15) is 0 Å². The lowest BCUT2D eigenvalue weighted by Crippen LogP contribution is -2.16. The largest absolute Gasteiger partial charge is 0.478 e. The fraction of sp³-hybridized carbons (Fsp3) is 0.462. The Bertz CT molecular complexity index is 408. The monoisotopic (exact) mass is 251 g/mol. The van der Waals surface area contributed by atoms with Gasteiger partial charge in [-0.1, -0.05) is 6.07 Å². The van der Waals surface area contributed by atoms with Crippen LogP contribution in [-0.2, 0) is 0 Å². The molecule has 1 aliphatic rings. The van der Waals surface area contributed by atoms with E-state index < -0.39 is 5.97 Å². The summed E-state index contributed by atoms with van der Waals surface area (Å²) in [6, 6.07) is 7.52. The second kappa shape index (κ2) is 5.45. The van der Waals surface area contributed by atoms with Crippen LogP contribution < -0.4 is 5.32 Å². The molecule has 0 saturated heterocycles. The maximum absolute atomic E-state index is 10.9. The quantitative estimate of drug-likeness (QED) is 0.863. The second-order valence-corrected chi connectivity index (χ2v) is 5.54. The number of thioether (sulfide) groups is 1. The van der Waals surface area contributed by atoms with Crippen molar-refractivity contribution in [2.45, 2.75) is 30.6 Å². The molecule has 2 N–H and O–H groups in total. The molecule has 3 nitrogen and oxygen atoms in total. The fourth-order valence-corrected chi connectivity index (χ4v) is 3.06. The van der Waals surface area contributed by atoms with Crippen molar-refractivity contribution in [1.82, 2.24) is 0 Å². The van der Waals surface area contributed by atoms with Gasteiger partial charge in [0.2, 0.25) is 0 Å². The highest BCUT2D eigenvalue weighted by Crippen LogP contribution is 2.30. The lowest BCUT2D eigenvalue weighted by atomic mass is 10.1. The van der Waals surface area contributed by atoms with Gasteiger partial charge in [-0.2, -0.15) is 11.8 Å². The van der Waals surface area contributed by atoms with E-state index >= 15 is 0 Å². The Labute approximate surface area is 106 Å². The molecular formula is C13H17NO2S. The molecule has 92 valence electrons. The van der Waals surface area contributed by atoms with Crippen molar-refractivity contribution in [3.05, 3.63) is 29.8 Å². The van der Waals surface area contributed by atoms with Gasteiger partial charge in [0.25, 0.3) is 0 Å². The van der Waals surface area contributed by atoms with E-state index in [9.17, 15) is 4.79 Å². The molecule has 1 aliphatic carbocycles. The predicted molar refractivity (Wildman–Crippen MR) is 72.0 cm³/mol. The molecule has 0 amide bonds. The Morgan fingerprint density at radius 1 is 1.47 bits per heavy atom. The number of rotatable bonds is 4. The minimum absolute atomic E-state index is 0.342. The van der Waals surface area contributed by atoms with Crippen molar-refractivity contribution in [3.8, 4) is 0 Å². The lowest BCUT2D eigenvalue weighted by Gasteiger charge is -2.14. The summed E-state index contributed by atoms with van der Waals surface area (Å²) in [7, 11) is 0. The van der Waals surface area contributed by atoms with E-state index in [0.717, 1.165) is 10.9 Å². The van der Waals surface area contributed by atoms with E-state index in [4.69, 9.17) is 5.11 Å². The molecule has 2 atom stereocenters. The van der Waals surface area contributed by atoms with Gasteiger partial charge in [-0.3, -0.25) is 0 Å². The molecular weight excluding hydrogens is 234 g/mol. The molecule has 1 aromatic rings. The molecule has 0 bridgehead atoms. The number of carbonyl (C=O) groups is 1. The van der Waals surface area contributed by atoms with Gasteiger partial charge in [-0.15, -0.1) is 0 Å². The third-order valence-corrected chi connectivity index (χ3v) is 4.29. The number of hydrogen-bond donors (Lipinski definition) is 2. The first-order valence-corrected chi connectivity index (χ1v) is 7.10. The number of carboxylic acids is 1. The summed E-state index contributed by atoms with van der Waals surface area (Å²) in [6.07, 6.45) is 5.73. The van der Waals surface area contributed by atoms with E-state index in [1.165, 1.54) is 19.3 Å². The Morgan fingerprint density at radius 3 is 2.94 bits per heavy atom. The van der Waals surface area contributed by atoms with Gasteiger partial charge in [0.05, 0.1) is 5.56 Å². The molecule has 0 aliphatic heterocycles. The van der Waals surface area contributed by atoms with Gasteiger partial charge in [0.15, 0.2) is 0 Å². The van der Waals surface area contributed by atoms with Crippen LogP contribution in [0.2, 0.25) is 0 Å². The smallest absolute Gasteiger partial charge is 0.335 e. The molecule has 2 unspecified atom stereocenters. The van der Waals surface area contributed by atoms with Crippen molar-refractivity contribution >= 4 is 23.4 Å². The summed E-state index contributed by atoms with van der Waals surface area (Å²) in [6.45, 7) is 0. The first-order valence-electron chi connectivity index (χ1n) is 5.81. The minimum atomic E-state index is -0.873. The average Bonchev–Trinajstić information content (AvgIpc) is 2.77. The van der Waals surface area contributed by atoms with Gasteiger partial charge >= 0.3 is 5.97 Å². The van der Waals surface area contributed by atoms with Crippen LogP contribution in [0.4, 0.5) is 5.69 Å². The highest BCUT2D eigenvalue weighted by atomic mass is 32.2. The van der Waals surface area contributed by atoms with E-state index in [-0.39, 0.29) is 0 Å². The van der Waals surface area contributed by atoms with E-state index in [1.807, 2.05) is 17.8 Å². The molecule has 0 heterocycles. The van der Waals surface area contributed by atoms with Gasteiger partial charge in [-0.25, -0.2) is 4.79 Å². The zero-order valence-corrected chi connectivity index (χ0v) is 10.7. The van der Waals surface area contributed by atoms with Gasteiger partial charge < -0.3 is 10.4 Å². The van der Waals surface area contributed by atoms with Crippen molar-refractivity contribution < 1.29 is 9.90 Å². The highest BCUT2D eigenvalue weighted by molar-refractivity contribution is 7.99. The summed E-state index contributed by atoms with van der Waals surface area (Å²) in [5, 5.41) is 13.1. The number of carboxylic acid groups (broad SMARTS) is 1. The van der Waals surface area contributed by atoms with E-state index in [2.05, 4.69) is 11.6 Å². The summed E-state index contributed by atoms with van der Waals surface area (Å²) in [5.41, 5.74) is 1.26. The molecule has 0 spiro atoms. The van der Waals surface area contributed by atoms with Gasteiger partial charge in [0, 0.05) is 17.0 Å². The lowest BCUT2D eigenvalue weighted by molar-refractivity contribution is 0.0697. The summed E-state index contributed by atoms with van der Waals surface area (Å²) >= 11 is 1.92. The Kier molecular flexibility index (Phi) is 3.94. The van der Waals surface area contributed by atoms with E-state index in [0.29, 0.717) is 11.6 Å². The molecule has 0 aromatic heterocycles. The third-order valence-electron chi connectivity index (χ3n) is 3.20. The normalized spacial score (nSPS) is 23.6. The number of benzene rings is 1. The first-order chi connectivity index (χ1) is 8.19. The predicted octanol–water partition coefficient (Wildman–Crippen LogP) is 3.08. The van der Waals surface area contributed by atoms with Crippen LogP contribution in [0.5, 0.6) is 0 Å². The van der Waals surface area contributed by atoms with Crippen LogP contribution in [0.25, 0.3) is 0 Å². The molecule has 1 fully saturated rings. The second-order valence-electron chi connectivity index (χ2n) is 4.40. The summed E-state index contributed by atoms with van der Waals surface area (Å²) in [4.78, 5) is 10.9. The standard InChI is InChI=1S/C13H17NO2S/c1-17-12-6-5-11(8-12)14-10-4-2-3-9(7-10)13(15)16/h2-4,7,11-12,14H,5-6,8H2,1H3,(H,15,16).